The molecule has 2 rings (SSSR count). The maximum atomic E-state index is 13.8. The summed E-state index contributed by atoms with van der Waals surface area (Å²) in [6.07, 6.45) is -0.649. The summed E-state index contributed by atoms with van der Waals surface area (Å²) in [6.45, 7) is 5.44. The van der Waals surface area contributed by atoms with E-state index in [0.717, 1.165) is 37.4 Å². The van der Waals surface area contributed by atoms with Crippen LogP contribution in [0.1, 0.15) is 57.1 Å². The van der Waals surface area contributed by atoms with Crippen LogP contribution in [0.4, 0.5) is 13.2 Å². The molecule has 8 heteroatoms. The van der Waals surface area contributed by atoms with Crippen molar-refractivity contribution >= 4 is 11.6 Å². The number of unbranched alkanes of at least 4 members (excludes halogenated alkanes) is 1. The predicted octanol–water partition coefficient (Wildman–Crippen LogP) is 5.45. The van der Waals surface area contributed by atoms with Crippen LogP contribution in [0.5, 0.6) is 5.75 Å². The van der Waals surface area contributed by atoms with Crippen molar-refractivity contribution in [2.24, 2.45) is 4.99 Å². The molecule has 0 aliphatic carbocycles. The monoisotopic (exact) mass is 442 g/mol. The highest BCUT2D eigenvalue weighted by molar-refractivity contribution is 5.88. The smallest absolute Gasteiger partial charge is 0.419 e. The highest BCUT2D eigenvalue weighted by Crippen LogP contribution is 2.39. The molecule has 0 saturated carbocycles. The zero-order valence-electron chi connectivity index (χ0n) is 18.8. The maximum Gasteiger partial charge on any atom is 0.419 e. The van der Waals surface area contributed by atoms with Gasteiger partial charge in [0.15, 0.2) is 0 Å². The van der Waals surface area contributed by atoms with Crippen molar-refractivity contribution in [1.29, 1.82) is 0 Å². The number of benzene rings is 1. The van der Waals surface area contributed by atoms with Crippen LogP contribution in [0.15, 0.2) is 28.8 Å². The van der Waals surface area contributed by atoms with Gasteiger partial charge >= 0.3 is 6.18 Å². The molecule has 1 N–H and O–H groups in total. The number of methoxy groups -OCH3 is 2. The van der Waals surface area contributed by atoms with Crippen LogP contribution in [-0.2, 0) is 15.7 Å². The van der Waals surface area contributed by atoms with Gasteiger partial charge in [0, 0.05) is 19.3 Å². The van der Waals surface area contributed by atoms with E-state index < -0.39 is 11.7 Å². The Hall–Kier alpha value is -2.06. The summed E-state index contributed by atoms with van der Waals surface area (Å²) in [5.41, 5.74) is 0.983. The van der Waals surface area contributed by atoms with Crippen LogP contribution in [0, 0.1) is 0 Å². The summed E-state index contributed by atoms with van der Waals surface area (Å²) in [6, 6.07) is 4.11. The van der Waals surface area contributed by atoms with E-state index in [-0.39, 0.29) is 18.4 Å². The van der Waals surface area contributed by atoms with E-state index >= 15 is 0 Å². The second-order valence-electron chi connectivity index (χ2n) is 7.54. The Kier molecular flexibility index (Phi) is 9.84. The summed E-state index contributed by atoms with van der Waals surface area (Å²) in [7, 11) is 3.13. The summed E-state index contributed by atoms with van der Waals surface area (Å²) >= 11 is 0. The molecule has 1 aromatic rings. The predicted molar refractivity (Wildman–Crippen MR) is 116 cm³/mol. The van der Waals surface area contributed by atoms with Crippen LogP contribution >= 0.6 is 0 Å². The molecule has 31 heavy (non-hydrogen) atoms. The Balaban J connectivity index is 2.38. The summed E-state index contributed by atoms with van der Waals surface area (Å²) < 4.78 is 57.3. The average Bonchev–Trinajstić information content (AvgIpc) is 3.28. The van der Waals surface area contributed by atoms with Gasteiger partial charge in [-0.15, -0.1) is 0 Å². The van der Waals surface area contributed by atoms with Gasteiger partial charge in [-0.1, -0.05) is 6.92 Å². The largest absolute Gasteiger partial charge is 0.493 e. The second kappa shape index (κ2) is 12.1. The Labute approximate surface area is 182 Å². The van der Waals surface area contributed by atoms with Gasteiger partial charge in [0.05, 0.1) is 31.0 Å². The zero-order valence-corrected chi connectivity index (χ0v) is 18.8. The van der Waals surface area contributed by atoms with Crippen molar-refractivity contribution in [3.63, 3.8) is 0 Å². The molecule has 0 aromatic heterocycles. The van der Waals surface area contributed by atoms with Crippen molar-refractivity contribution < 1.29 is 27.4 Å². The number of hydrogen-bond donors (Lipinski definition) is 1. The van der Waals surface area contributed by atoms with E-state index in [1.54, 1.807) is 20.3 Å². The van der Waals surface area contributed by atoms with Gasteiger partial charge < -0.3 is 19.5 Å². The zero-order chi connectivity index (χ0) is 22.9. The molecule has 1 aliphatic heterocycles. The SMILES string of the molecule is CC/C(C)=C(/N=C(OC)C1CCCN1)c1ccc(OCCCCOC)c(C(F)(F)F)c1. The molecule has 5 nitrogen and oxygen atoms in total. The molecule has 174 valence electrons. The maximum absolute atomic E-state index is 13.8. The Bertz CT molecular complexity index is 770. The average molecular weight is 443 g/mol. The van der Waals surface area contributed by atoms with Gasteiger partial charge in [-0.2, -0.15) is 13.2 Å². The van der Waals surface area contributed by atoms with E-state index in [0.29, 0.717) is 36.6 Å². The second-order valence-corrected chi connectivity index (χ2v) is 7.54. The molecule has 0 amide bonds. The third-order valence-electron chi connectivity index (χ3n) is 5.28. The molecule has 0 radical (unpaired) electrons. The molecular formula is C23H33F3N2O3. The van der Waals surface area contributed by atoms with E-state index in [9.17, 15) is 13.2 Å². The van der Waals surface area contributed by atoms with Crippen LogP contribution in [0.25, 0.3) is 5.70 Å². The van der Waals surface area contributed by atoms with Gasteiger partial charge in [0.1, 0.15) is 5.75 Å². The van der Waals surface area contributed by atoms with Gasteiger partial charge in [0.25, 0.3) is 0 Å². The highest BCUT2D eigenvalue weighted by atomic mass is 19.4. The van der Waals surface area contributed by atoms with Crippen molar-refractivity contribution in [2.45, 2.75) is 58.2 Å². The lowest BCUT2D eigenvalue weighted by Crippen LogP contribution is -2.32. The first-order valence-electron chi connectivity index (χ1n) is 10.7. The van der Waals surface area contributed by atoms with E-state index in [4.69, 9.17) is 14.2 Å². The van der Waals surface area contributed by atoms with Crippen LogP contribution in [0.3, 0.4) is 0 Å². The minimum Gasteiger partial charge on any atom is -0.493 e. The van der Waals surface area contributed by atoms with Crippen molar-refractivity contribution in [3.05, 3.63) is 34.9 Å². The number of nitrogens with zero attached hydrogens (tertiary/aromatic N) is 1. The lowest BCUT2D eigenvalue weighted by Gasteiger charge is -2.18. The van der Waals surface area contributed by atoms with E-state index in [1.807, 2.05) is 13.8 Å². The summed E-state index contributed by atoms with van der Waals surface area (Å²) in [5.74, 6) is 0.322. The fourth-order valence-corrected chi connectivity index (χ4v) is 3.40. The topological polar surface area (TPSA) is 52.1 Å². The fraction of sp³-hybridized carbons (Fsp3) is 0.609. The molecule has 0 spiro atoms. The molecule has 0 bridgehead atoms. The minimum absolute atomic E-state index is 0.0264. The molecule has 1 fully saturated rings. The normalized spacial score (nSPS) is 18.2. The van der Waals surface area contributed by atoms with Crippen LogP contribution < -0.4 is 10.1 Å². The minimum atomic E-state index is -4.54. The number of ether oxygens (including phenoxy) is 3. The number of alkyl halides is 3. The van der Waals surface area contributed by atoms with Gasteiger partial charge in [0.2, 0.25) is 5.90 Å². The first-order chi connectivity index (χ1) is 14.8. The first kappa shape index (κ1) is 25.2. The Morgan fingerprint density at radius 3 is 2.52 bits per heavy atom. The lowest BCUT2D eigenvalue weighted by molar-refractivity contribution is -0.139. The van der Waals surface area contributed by atoms with Crippen LogP contribution in [-0.4, -0.2) is 45.9 Å². The van der Waals surface area contributed by atoms with Crippen molar-refractivity contribution in [2.75, 3.05) is 34.0 Å². The standard InChI is InChI=1S/C23H33F3N2O3/c1-5-16(2)21(28-22(30-4)19-9-8-12-27-19)17-10-11-20(18(15-17)23(24,25)26)31-14-7-6-13-29-3/h10-11,15,19,27H,5-9,12-14H2,1-4H3/b21-16+,28-22?. The number of nitrogens with one attached hydrogen (secondary N) is 1. The van der Waals surface area contributed by atoms with E-state index in [1.165, 1.54) is 6.07 Å². The number of allylic oxidation sites excluding steroid dienone is 1. The molecular weight excluding hydrogens is 409 g/mol. The summed E-state index contributed by atoms with van der Waals surface area (Å²) in [4.78, 5) is 4.66. The van der Waals surface area contributed by atoms with Gasteiger partial charge in [-0.3, -0.25) is 0 Å². The summed E-state index contributed by atoms with van der Waals surface area (Å²) in [5, 5.41) is 3.32. The third-order valence-corrected chi connectivity index (χ3v) is 5.28. The molecule has 1 unspecified atom stereocenters. The molecule has 1 atom stereocenters. The van der Waals surface area contributed by atoms with E-state index in [2.05, 4.69) is 10.3 Å². The number of aliphatic imine (C=N–C) groups is 1. The molecule has 1 heterocycles. The number of hydrogen-bond acceptors (Lipinski definition) is 5. The fourth-order valence-electron chi connectivity index (χ4n) is 3.40. The van der Waals surface area contributed by atoms with Gasteiger partial charge in [-0.05, 0) is 69.3 Å². The number of rotatable bonds is 10. The number of halogens is 3. The third kappa shape index (κ3) is 7.25. The molecule has 1 aromatic carbocycles. The Morgan fingerprint density at radius 1 is 1.19 bits per heavy atom. The Morgan fingerprint density at radius 2 is 1.94 bits per heavy atom. The molecule has 1 aliphatic rings. The van der Waals surface area contributed by atoms with Gasteiger partial charge in [-0.25, -0.2) is 4.99 Å². The quantitative estimate of drug-likeness (QED) is 0.297. The van der Waals surface area contributed by atoms with Crippen molar-refractivity contribution in [3.8, 4) is 5.75 Å². The highest BCUT2D eigenvalue weighted by Gasteiger charge is 2.35. The lowest BCUT2D eigenvalue weighted by atomic mass is 10.0. The molecule has 1 saturated heterocycles. The first-order valence-corrected chi connectivity index (χ1v) is 10.7. The van der Waals surface area contributed by atoms with Crippen LogP contribution in [0.2, 0.25) is 0 Å². The van der Waals surface area contributed by atoms with Crippen molar-refractivity contribution in [1.82, 2.24) is 5.32 Å².